The standard InChI is InChI=1S/C16H13NO6S/c1-23-16(20)15(19)17(14(18)12-8-4-2-5-9-12)24(21,22)13-10-6-3-7-11-13/h2-11H,1H3. The van der Waals surface area contributed by atoms with Crippen molar-refractivity contribution in [3.8, 4) is 0 Å². The van der Waals surface area contributed by atoms with Gasteiger partial charge >= 0.3 is 11.9 Å². The number of rotatable bonds is 3. The predicted octanol–water partition coefficient (Wildman–Crippen LogP) is 1.22. The molecule has 0 saturated carbocycles. The summed E-state index contributed by atoms with van der Waals surface area (Å²) in [4.78, 5) is 35.9. The molecule has 0 atom stereocenters. The van der Waals surface area contributed by atoms with Gasteiger partial charge in [-0.3, -0.25) is 9.59 Å². The van der Waals surface area contributed by atoms with Crippen LogP contribution in [0.4, 0.5) is 0 Å². The molecule has 0 aliphatic carbocycles. The number of hydrogen-bond donors (Lipinski definition) is 0. The Balaban J connectivity index is 2.58. The zero-order chi connectivity index (χ0) is 17.7. The number of methoxy groups -OCH3 is 1. The normalized spacial score (nSPS) is 10.7. The van der Waals surface area contributed by atoms with E-state index in [0.717, 1.165) is 7.11 Å². The number of carbonyl (C=O) groups excluding carboxylic acids is 3. The first-order valence-electron chi connectivity index (χ1n) is 6.71. The quantitative estimate of drug-likeness (QED) is 0.611. The van der Waals surface area contributed by atoms with Gasteiger partial charge in [-0.05, 0) is 24.3 Å². The van der Waals surface area contributed by atoms with E-state index in [4.69, 9.17) is 0 Å². The molecule has 124 valence electrons. The van der Waals surface area contributed by atoms with Gasteiger partial charge in [0.25, 0.3) is 15.9 Å². The molecule has 2 aromatic rings. The van der Waals surface area contributed by atoms with Gasteiger partial charge in [0.1, 0.15) is 0 Å². The molecular formula is C16H13NO6S. The first-order valence-corrected chi connectivity index (χ1v) is 8.15. The predicted molar refractivity (Wildman–Crippen MR) is 83.3 cm³/mol. The van der Waals surface area contributed by atoms with Crippen LogP contribution in [0, 0.1) is 0 Å². The molecule has 0 fully saturated rings. The third-order valence-corrected chi connectivity index (χ3v) is 4.71. The van der Waals surface area contributed by atoms with E-state index in [2.05, 4.69) is 4.74 Å². The van der Waals surface area contributed by atoms with Gasteiger partial charge in [-0.25, -0.2) is 13.2 Å². The molecule has 0 N–H and O–H groups in total. The number of amides is 2. The molecule has 0 bridgehead atoms. The summed E-state index contributed by atoms with van der Waals surface area (Å²) < 4.78 is 29.6. The summed E-state index contributed by atoms with van der Waals surface area (Å²) in [6.45, 7) is 0. The minimum Gasteiger partial charge on any atom is -0.462 e. The summed E-state index contributed by atoms with van der Waals surface area (Å²) >= 11 is 0. The average Bonchev–Trinajstić information content (AvgIpc) is 2.62. The highest BCUT2D eigenvalue weighted by molar-refractivity contribution is 7.90. The second-order valence-corrected chi connectivity index (χ2v) is 6.34. The van der Waals surface area contributed by atoms with Crippen molar-refractivity contribution in [3.05, 3.63) is 66.2 Å². The summed E-state index contributed by atoms with van der Waals surface area (Å²) in [6.07, 6.45) is 0. The highest BCUT2D eigenvalue weighted by atomic mass is 32.2. The van der Waals surface area contributed by atoms with Gasteiger partial charge < -0.3 is 4.74 Å². The number of imide groups is 1. The summed E-state index contributed by atoms with van der Waals surface area (Å²) in [5, 5.41) is 0. The van der Waals surface area contributed by atoms with Crippen molar-refractivity contribution in [1.82, 2.24) is 4.31 Å². The van der Waals surface area contributed by atoms with Crippen molar-refractivity contribution in [2.75, 3.05) is 7.11 Å². The topological polar surface area (TPSA) is 97.8 Å². The Bertz CT molecular complexity index is 862. The molecule has 8 heteroatoms. The van der Waals surface area contributed by atoms with Gasteiger partial charge in [0, 0.05) is 5.56 Å². The van der Waals surface area contributed by atoms with Crippen LogP contribution < -0.4 is 0 Å². The Morgan fingerprint density at radius 3 is 1.88 bits per heavy atom. The number of hydrogen-bond acceptors (Lipinski definition) is 6. The molecular weight excluding hydrogens is 334 g/mol. The van der Waals surface area contributed by atoms with E-state index in [0.29, 0.717) is 0 Å². The molecule has 0 spiro atoms. The second kappa shape index (κ2) is 7.05. The number of ether oxygens (including phenoxy) is 1. The van der Waals surface area contributed by atoms with Crippen molar-refractivity contribution in [1.29, 1.82) is 0 Å². The van der Waals surface area contributed by atoms with Crippen LogP contribution in [0.15, 0.2) is 65.6 Å². The highest BCUT2D eigenvalue weighted by Crippen LogP contribution is 2.19. The van der Waals surface area contributed by atoms with Crippen LogP contribution in [0.25, 0.3) is 0 Å². The minimum atomic E-state index is -4.57. The van der Waals surface area contributed by atoms with Gasteiger partial charge in [-0.1, -0.05) is 36.4 Å². The number of esters is 1. The molecule has 0 saturated heterocycles. The highest BCUT2D eigenvalue weighted by Gasteiger charge is 2.39. The van der Waals surface area contributed by atoms with Gasteiger partial charge in [0.15, 0.2) is 0 Å². The maximum Gasteiger partial charge on any atom is 0.398 e. The lowest BCUT2D eigenvalue weighted by molar-refractivity contribution is -0.154. The third kappa shape index (κ3) is 3.33. The van der Waals surface area contributed by atoms with Gasteiger partial charge in [-0.15, -0.1) is 0 Å². The van der Waals surface area contributed by atoms with E-state index < -0.39 is 27.8 Å². The maximum atomic E-state index is 12.7. The number of sulfonamides is 1. The Hall–Kier alpha value is -3.00. The molecule has 2 aromatic carbocycles. The van der Waals surface area contributed by atoms with Gasteiger partial charge in [-0.2, -0.15) is 4.31 Å². The first-order chi connectivity index (χ1) is 11.4. The maximum absolute atomic E-state index is 12.7. The van der Waals surface area contributed by atoms with Crippen LogP contribution >= 0.6 is 0 Å². The Kier molecular flexibility index (Phi) is 5.10. The Labute approximate surface area is 138 Å². The second-order valence-electron chi connectivity index (χ2n) is 4.55. The van der Waals surface area contributed by atoms with Crippen LogP contribution in [-0.2, 0) is 24.3 Å². The zero-order valence-corrected chi connectivity index (χ0v) is 13.4. The number of carbonyl (C=O) groups is 3. The van der Waals surface area contributed by atoms with Crippen molar-refractivity contribution < 1.29 is 27.5 Å². The fourth-order valence-corrected chi connectivity index (χ4v) is 3.21. The van der Waals surface area contributed by atoms with Crippen molar-refractivity contribution >= 4 is 27.8 Å². The van der Waals surface area contributed by atoms with Crippen LogP contribution in [0.5, 0.6) is 0 Å². The Morgan fingerprint density at radius 2 is 1.38 bits per heavy atom. The SMILES string of the molecule is COC(=O)C(=O)N(C(=O)c1ccccc1)S(=O)(=O)c1ccccc1. The van der Waals surface area contributed by atoms with Crippen LogP contribution in [-0.4, -0.2) is 37.6 Å². The van der Waals surface area contributed by atoms with Gasteiger partial charge in [0.2, 0.25) is 0 Å². The fourth-order valence-electron chi connectivity index (χ4n) is 1.88. The van der Waals surface area contributed by atoms with Crippen molar-refractivity contribution in [3.63, 3.8) is 0 Å². The molecule has 2 amide bonds. The number of benzene rings is 2. The molecule has 7 nitrogen and oxygen atoms in total. The number of nitrogens with zero attached hydrogens (tertiary/aromatic N) is 1. The summed E-state index contributed by atoms with van der Waals surface area (Å²) in [6, 6.07) is 14.2. The van der Waals surface area contributed by atoms with Crippen LogP contribution in [0.2, 0.25) is 0 Å². The van der Waals surface area contributed by atoms with Crippen molar-refractivity contribution in [2.45, 2.75) is 4.90 Å². The molecule has 0 aliphatic heterocycles. The fraction of sp³-hybridized carbons (Fsp3) is 0.0625. The monoisotopic (exact) mass is 347 g/mol. The summed E-state index contributed by atoms with van der Waals surface area (Å²) in [5.41, 5.74) is -0.0609. The molecule has 0 heterocycles. The van der Waals surface area contributed by atoms with Crippen molar-refractivity contribution in [2.24, 2.45) is 0 Å². The Morgan fingerprint density at radius 1 is 0.875 bits per heavy atom. The zero-order valence-electron chi connectivity index (χ0n) is 12.6. The average molecular weight is 347 g/mol. The smallest absolute Gasteiger partial charge is 0.398 e. The lowest BCUT2D eigenvalue weighted by atomic mass is 10.2. The van der Waals surface area contributed by atoms with E-state index in [9.17, 15) is 22.8 Å². The third-order valence-electron chi connectivity index (χ3n) is 3.03. The summed E-state index contributed by atoms with van der Waals surface area (Å²) in [5.74, 6) is -4.19. The lowest BCUT2D eigenvalue weighted by Crippen LogP contribution is -2.45. The molecule has 0 radical (unpaired) electrons. The lowest BCUT2D eigenvalue weighted by Gasteiger charge is -2.19. The van der Waals surface area contributed by atoms with Crippen LogP contribution in [0.1, 0.15) is 10.4 Å². The van der Waals surface area contributed by atoms with Crippen LogP contribution in [0.3, 0.4) is 0 Å². The van der Waals surface area contributed by atoms with E-state index in [1.54, 1.807) is 12.1 Å². The molecule has 0 aliphatic rings. The van der Waals surface area contributed by atoms with E-state index >= 15 is 0 Å². The van der Waals surface area contributed by atoms with E-state index in [-0.39, 0.29) is 14.8 Å². The van der Waals surface area contributed by atoms with Gasteiger partial charge in [0.05, 0.1) is 12.0 Å². The molecule has 2 rings (SSSR count). The molecule has 24 heavy (non-hydrogen) atoms. The first kappa shape index (κ1) is 17.4. The largest absolute Gasteiger partial charge is 0.462 e. The molecule has 0 unspecified atom stereocenters. The molecule has 0 aromatic heterocycles. The van der Waals surface area contributed by atoms with E-state index in [1.165, 1.54) is 48.5 Å². The minimum absolute atomic E-state index is 0.0609. The summed E-state index contributed by atoms with van der Waals surface area (Å²) in [7, 11) is -3.65. The van der Waals surface area contributed by atoms with E-state index in [1.807, 2.05) is 0 Å².